The normalized spacial score (nSPS) is 10.4. The molecule has 0 spiro atoms. The molecule has 0 saturated carbocycles. The first-order valence-corrected chi connectivity index (χ1v) is 9.16. The number of anilines is 2. The van der Waals surface area contributed by atoms with Crippen molar-refractivity contribution < 1.29 is 4.79 Å². The third-order valence-corrected chi connectivity index (χ3v) is 4.77. The molecular weight excluding hydrogens is 330 g/mol. The number of thiazole rings is 1. The standard InChI is InChI=1S/C20H21N3OS/c1-2-16-10-6-7-11-18(16)21-14-19(24)23-20-22-13-17(25-20)12-15-8-4-3-5-9-15/h3-11,13,21H,2,12,14H2,1H3,(H,22,23,24). The molecular formula is C20H21N3OS. The second-order valence-electron chi connectivity index (χ2n) is 5.71. The van der Waals surface area contributed by atoms with Gasteiger partial charge in [0.25, 0.3) is 0 Å². The van der Waals surface area contributed by atoms with E-state index in [1.807, 2.05) is 42.6 Å². The summed E-state index contributed by atoms with van der Waals surface area (Å²) in [5.41, 5.74) is 3.45. The Morgan fingerprint density at radius 2 is 1.84 bits per heavy atom. The van der Waals surface area contributed by atoms with E-state index in [9.17, 15) is 4.79 Å². The van der Waals surface area contributed by atoms with Crippen molar-refractivity contribution in [1.29, 1.82) is 0 Å². The van der Waals surface area contributed by atoms with Gasteiger partial charge in [0.2, 0.25) is 5.91 Å². The van der Waals surface area contributed by atoms with Crippen molar-refractivity contribution in [3.63, 3.8) is 0 Å². The van der Waals surface area contributed by atoms with E-state index in [0.29, 0.717) is 5.13 Å². The van der Waals surface area contributed by atoms with Crippen LogP contribution in [0.25, 0.3) is 0 Å². The highest BCUT2D eigenvalue weighted by molar-refractivity contribution is 7.15. The number of amides is 1. The van der Waals surface area contributed by atoms with Crippen molar-refractivity contribution >= 4 is 28.1 Å². The quantitative estimate of drug-likeness (QED) is 0.665. The number of nitrogens with zero attached hydrogens (tertiary/aromatic N) is 1. The molecule has 1 heterocycles. The van der Waals surface area contributed by atoms with Gasteiger partial charge in [-0.15, -0.1) is 11.3 Å². The van der Waals surface area contributed by atoms with Gasteiger partial charge in [-0.05, 0) is 23.6 Å². The van der Waals surface area contributed by atoms with Crippen LogP contribution >= 0.6 is 11.3 Å². The average Bonchev–Trinajstić information content (AvgIpc) is 3.07. The lowest BCUT2D eigenvalue weighted by Crippen LogP contribution is -2.22. The third-order valence-electron chi connectivity index (χ3n) is 3.86. The lowest BCUT2D eigenvalue weighted by atomic mass is 10.1. The largest absolute Gasteiger partial charge is 0.376 e. The molecule has 2 N–H and O–H groups in total. The third kappa shape index (κ3) is 4.90. The Morgan fingerprint density at radius 1 is 1.08 bits per heavy atom. The van der Waals surface area contributed by atoms with Crippen LogP contribution in [0.1, 0.15) is 22.9 Å². The number of rotatable bonds is 7. The van der Waals surface area contributed by atoms with Crippen LogP contribution < -0.4 is 10.6 Å². The zero-order valence-corrected chi connectivity index (χ0v) is 15.0. The summed E-state index contributed by atoms with van der Waals surface area (Å²) in [6.45, 7) is 2.33. The van der Waals surface area contributed by atoms with Gasteiger partial charge in [-0.1, -0.05) is 55.5 Å². The average molecular weight is 351 g/mol. The Morgan fingerprint density at radius 3 is 2.64 bits per heavy atom. The smallest absolute Gasteiger partial charge is 0.245 e. The fraction of sp³-hybridized carbons (Fsp3) is 0.200. The van der Waals surface area contributed by atoms with E-state index in [1.54, 1.807) is 0 Å². The topological polar surface area (TPSA) is 54.0 Å². The van der Waals surface area contributed by atoms with E-state index in [1.165, 1.54) is 22.5 Å². The van der Waals surface area contributed by atoms with Gasteiger partial charge in [-0.25, -0.2) is 4.98 Å². The van der Waals surface area contributed by atoms with Crippen molar-refractivity contribution in [3.8, 4) is 0 Å². The molecule has 0 atom stereocenters. The number of benzene rings is 2. The minimum absolute atomic E-state index is 0.0912. The molecule has 1 amide bonds. The van der Waals surface area contributed by atoms with Crippen LogP contribution in [0, 0.1) is 0 Å². The highest BCUT2D eigenvalue weighted by Crippen LogP contribution is 2.21. The Hall–Kier alpha value is -2.66. The molecule has 0 aliphatic carbocycles. The van der Waals surface area contributed by atoms with Crippen LogP contribution in [-0.4, -0.2) is 17.4 Å². The molecule has 4 nitrogen and oxygen atoms in total. The van der Waals surface area contributed by atoms with Crippen molar-refractivity contribution in [2.45, 2.75) is 19.8 Å². The van der Waals surface area contributed by atoms with Gasteiger partial charge in [0.05, 0.1) is 6.54 Å². The van der Waals surface area contributed by atoms with E-state index in [0.717, 1.165) is 23.4 Å². The summed E-state index contributed by atoms with van der Waals surface area (Å²) in [5.74, 6) is -0.0912. The summed E-state index contributed by atoms with van der Waals surface area (Å²) in [6.07, 6.45) is 3.59. The number of hydrogen-bond acceptors (Lipinski definition) is 4. The predicted molar refractivity (Wildman–Crippen MR) is 104 cm³/mol. The highest BCUT2D eigenvalue weighted by Gasteiger charge is 2.08. The molecule has 0 saturated heterocycles. The van der Waals surface area contributed by atoms with Crippen molar-refractivity contribution in [2.75, 3.05) is 17.2 Å². The fourth-order valence-corrected chi connectivity index (χ4v) is 3.45. The van der Waals surface area contributed by atoms with Gasteiger partial charge >= 0.3 is 0 Å². The van der Waals surface area contributed by atoms with Crippen LogP contribution in [0.3, 0.4) is 0 Å². The van der Waals surface area contributed by atoms with Gasteiger partial charge < -0.3 is 10.6 Å². The Bertz CT molecular complexity index is 830. The van der Waals surface area contributed by atoms with E-state index in [2.05, 4.69) is 40.7 Å². The zero-order chi connectivity index (χ0) is 17.5. The Balaban J connectivity index is 1.53. The Kier molecular flexibility index (Phi) is 5.80. The first-order chi connectivity index (χ1) is 12.2. The monoisotopic (exact) mass is 351 g/mol. The molecule has 0 radical (unpaired) electrons. The number of nitrogens with one attached hydrogen (secondary N) is 2. The summed E-state index contributed by atoms with van der Waals surface area (Å²) >= 11 is 1.51. The molecule has 2 aromatic carbocycles. The first kappa shape index (κ1) is 17.2. The molecule has 3 rings (SSSR count). The molecule has 0 fully saturated rings. The summed E-state index contributed by atoms with van der Waals surface area (Å²) in [4.78, 5) is 17.6. The minimum atomic E-state index is -0.0912. The van der Waals surface area contributed by atoms with Crippen LogP contribution in [0.15, 0.2) is 60.8 Å². The molecule has 0 aliphatic heterocycles. The van der Waals surface area contributed by atoms with Crippen molar-refractivity contribution in [3.05, 3.63) is 76.8 Å². The lowest BCUT2D eigenvalue weighted by molar-refractivity contribution is -0.114. The van der Waals surface area contributed by atoms with E-state index >= 15 is 0 Å². The lowest BCUT2D eigenvalue weighted by Gasteiger charge is -2.10. The number of para-hydroxylation sites is 1. The highest BCUT2D eigenvalue weighted by atomic mass is 32.1. The van der Waals surface area contributed by atoms with Crippen LogP contribution in [0.2, 0.25) is 0 Å². The van der Waals surface area contributed by atoms with Crippen molar-refractivity contribution in [2.24, 2.45) is 0 Å². The molecule has 0 bridgehead atoms. The maximum Gasteiger partial charge on any atom is 0.245 e. The first-order valence-electron chi connectivity index (χ1n) is 8.35. The Labute approximate surface area is 151 Å². The SMILES string of the molecule is CCc1ccccc1NCC(=O)Nc1ncc(Cc2ccccc2)s1. The zero-order valence-electron chi connectivity index (χ0n) is 14.2. The van der Waals surface area contributed by atoms with Crippen LogP contribution in [0.5, 0.6) is 0 Å². The van der Waals surface area contributed by atoms with E-state index in [4.69, 9.17) is 0 Å². The number of carbonyl (C=O) groups excluding carboxylic acids is 1. The minimum Gasteiger partial charge on any atom is -0.376 e. The molecule has 0 aliphatic rings. The second-order valence-corrected chi connectivity index (χ2v) is 6.82. The van der Waals surface area contributed by atoms with Crippen molar-refractivity contribution in [1.82, 2.24) is 4.98 Å². The number of carbonyl (C=O) groups is 1. The fourth-order valence-electron chi connectivity index (χ4n) is 2.58. The summed E-state index contributed by atoms with van der Waals surface area (Å²) in [5, 5.41) is 6.70. The number of aryl methyl sites for hydroxylation is 1. The molecule has 5 heteroatoms. The van der Waals surface area contributed by atoms with Gasteiger partial charge in [-0.2, -0.15) is 0 Å². The summed E-state index contributed by atoms with van der Waals surface area (Å²) in [6, 6.07) is 18.3. The van der Waals surface area contributed by atoms with E-state index < -0.39 is 0 Å². The molecule has 128 valence electrons. The molecule has 0 unspecified atom stereocenters. The van der Waals surface area contributed by atoms with Gasteiger partial charge in [0.15, 0.2) is 5.13 Å². The summed E-state index contributed by atoms with van der Waals surface area (Å²) < 4.78 is 0. The predicted octanol–water partition coefficient (Wildman–Crippen LogP) is 4.35. The van der Waals surface area contributed by atoms with Crippen LogP contribution in [-0.2, 0) is 17.6 Å². The second kappa shape index (κ2) is 8.44. The van der Waals surface area contributed by atoms with E-state index in [-0.39, 0.29) is 12.5 Å². The maximum absolute atomic E-state index is 12.1. The maximum atomic E-state index is 12.1. The molecule has 3 aromatic rings. The summed E-state index contributed by atoms with van der Waals surface area (Å²) in [7, 11) is 0. The molecule has 1 aromatic heterocycles. The van der Waals surface area contributed by atoms with Gasteiger partial charge in [-0.3, -0.25) is 4.79 Å². The van der Waals surface area contributed by atoms with Crippen LogP contribution in [0.4, 0.5) is 10.8 Å². The number of hydrogen-bond donors (Lipinski definition) is 2. The molecule has 25 heavy (non-hydrogen) atoms. The number of aromatic nitrogens is 1. The van der Waals surface area contributed by atoms with Gasteiger partial charge in [0, 0.05) is 23.2 Å². The van der Waals surface area contributed by atoms with Gasteiger partial charge in [0.1, 0.15) is 0 Å².